The molecule has 0 radical (unpaired) electrons. The summed E-state index contributed by atoms with van der Waals surface area (Å²) >= 11 is 5.41. The van der Waals surface area contributed by atoms with Gasteiger partial charge in [-0.1, -0.05) is 0 Å². The van der Waals surface area contributed by atoms with Crippen molar-refractivity contribution in [2.45, 2.75) is 26.2 Å². The molecule has 0 rings (SSSR count). The summed E-state index contributed by atoms with van der Waals surface area (Å²) in [4.78, 5) is 0. The van der Waals surface area contributed by atoms with Gasteiger partial charge in [-0.25, -0.2) is 0 Å². The van der Waals surface area contributed by atoms with Gasteiger partial charge < -0.3 is 14.6 Å². The summed E-state index contributed by atoms with van der Waals surface area (Å²) in [6.07, 6.45) is -1.32. The molecule has 0 amide bonds. The molecule has 4 heteroatoms. The second kappa shape index (κ2) is 6.85. The molecule has 0 aliphatic carbocycles. The molecule has 0 bridgehead atoms. The number of hydrogen-bond donors (Lipinski definition) is 1. The maximum absolute atomic E-state index is 9.20. The lowest BCUT2D eigenvalue weighted by molar-refractivity contribution is -0.183. The predicted octanol–water partition coefficient (Wildman–Crippen LogP) is 0.985. The molecule has 0 saturated heterocycles. The van der Waals surface area contributed by atoms with Gasteiger partial charge in [-0.2, -0.15) is 0 Å². The number of ether oxygens (including phenoxy) is 2. The van der Waals surface area contributed by atoms with E-state index in [1.54, 1.807) is 0 Å². The maximum atomic E-state index is 9.20. The van der Waals surface area contributed by atoms with Crippen molar-refractivity contribution in [1.82, 2.24) is 0 Å². The summed E-state index contributed by atoms with van der Waals surface area (Å²) in [5.41, 5.74) is 0. The summed E-state index contributed by atoms with van der Waals surface area (Å²) in [6, 6.07) is 0. The van der Waals surface area contributed by atoms with Gasteiger partial charge in [-0.15, -0.1) is 11.6 Å². The van der Waals surface area contributed by atoms with E-state index in [0.717, 1.165) is 0 Å². The van der Waals surface area contributed by atoms with E-state index < -0.39 is 12.4 Å². The van der Waals surface area contributed by atoms with Gasteiger partial charge in [0.15, 0.2) is 6.29 Å². The van der Waals surface area contributed by atoms with Crippen LogP contribution in [-0.2, 0) is 9.47 Å². The Morgan fingerprint density at radius 3 is 2.00 bits per heavy atom. The van der Waals surface area contributed by atoms with E-state index in [1.807, 2.05) is 13.8 Å². The highest BCUT2D eigenvalue weighted by Crippen LogP contribution is 2.03. The molecule has 11 heavy (non-hydrogen) atoms. The fourth-order valence-electron chi connectivity index (χ4n) is 0.672. The van der Waals surface area contributed by atoms with Crippen LogP contribution in [-0.4, -0.2) is 36.6 Å². The standard InChI is InChI=1S/C7H15ClO3/c1-3-10-7(11-4-2)6(9)5-8/h6-7,9H,3-5H2,1-2H3. The Hall–Kier alpha value is 0.170. The van der Waals surface area contributed by atoms with E-state index in [2.05, 4.69) is 0 Å². The number of rotatable bonds is 6. The molecule has 0 saturated carbocycles. The third kappa shape index (κ3) is 4.58. The molecule has 1 N–H and O–H groups in total. The Kier molecular flexibility index (Phi) is 6.96. The van der Waals surface area contributed by atoms with Gasteiger partial charge in [0.2, 0.25) is 0 Å². The van der Waals surface area contributed by atoms with Gasteiger partial charge in [-0.05, 0) is 13.8 Å². The number of halogens is 1. The van der Waals surface area contributed by atoms with Gasteiger partial charge in [-0.3, -0.25) is 0 Å². The molecule has 0 spiro atoms. The van der Waals surface area contributed by atoms with Crippen LogP contribution in [0.25, 0.3) is 0 Å². The van der Waals surface area contributed by atoms with Crippen LogP contribution < -0.4 is 0 Å². The molecule has 0 aromatic carbocycles. The first-order valence-electron chi connectivity index (χ1n) is 3.73. The van der Waals surface area contributed by atoms with E-state index in [0.29, 0.717) is 13.2 Å². The summed E-state index contributed by atoms with van der Waals surface area (Å²) in [7, 11) is 0. The van der Waals surface area contributed by atoms with Crippen molar-refractivity contribution in [2.75, 3.05) is 19.1 Å². The van der Waals surface area contributed by atoms with Gasteiger partial charge >= 0.3 is 0 Å². The zero-order valence-electron chi connectivity index (χ0n) is 6.92. The van der Waals surface area contributed by atoms with Crippen LogP contribution >= 0.6 is 11.6 Å². The molecule has 0 fully saturated rings. The number of hydrogen-bond acceptors (Lipinski definition) is 3. The fraction of sp³-hybridized carbons (Fsp3) is 1.00. The van der Waals surface area contributed by atoms with Crippen LogP contribution in [0.5, 0.6) is 0 Å². The predicted molar refractivity (Wildman–Crippen MR) is 43.8 cm³/mol. The van der Waals surface area contributed by atoms with Crippen LogP contribution in [0.4, 0.5) is 0 Å². The monoisotopic (exact) mass is 182 g/mol. The molecule has 0 heterocycles. The first-order chi connectivity index (χ1) is 5.26. The van der Waals surface area contributed by atoms with Crippen molar-refractivity contribution in [3.05, 3.63) is 0 Å². The van der Waals surface area contributed by atoms with Crippen LogP contribution in [0.15, 0.2) is 0 Å². The Morgan fingerprint density at radius 2 is 1.73 bits per heavy atom. The van der Waals surface area contributed by atoms with Gasteiger partial charge in [0.25, 0.3) is 0 Å². The SMILES string of the molecule is CCOC(OCC)C(O)CCl. The third-order valence-corrected chi connectivity index (χ3v) is 1.45. The molecule has 1 atom stereocenters. The van der Waals surface area contributed by atoms with E-state index >= 15 is 0 Å². The molecular weight excluding hydrogens is 168 g/mol. The lowest BCUT2D eigenvalue weighted by Crippen LogP contribution is -2.33. The minimum Gasteiger partial charge on any atom is -0.387 e. The number of aliphatic hydroxyl groups excluding tert-OH is 1. The molecule has 0 aliphatic heterocycles. The topological polar surface area (TPSA) is 38.7 Å². The van der Waals surface area contributed by atoms with Crippen molar-refractivity contribution in [3.63, 3.8) is 0 Å². The van der Waals surface area contributed by atoms with Crippen LogP contribution in [0, 0.1) is 0 Å². The first-order valence-corrected chi connectivity index (χ1v) is 4.26. The van der Waals surface area contributed by atoms with E-state index in [1.165, 1.54) is 0 Å². The summed E-state index contributed by atoms with van der Waals surface area (Å²) in [6.45, 7) is 4.71. The molecule has 0 aromatic rings. The average molecular weight is 183 g/mol. The average Bonchev–Trinajstić information content (AvgIpc) is 2.03. The summed E-state index contributed by atoms with van der Waals surface area (Å²) in [5, 5.41) is 9.20. The molecule has 68 valence electrons. The minimum absolute atomic E-state index is 0.130. The lowest BCUT2D eigenvalue weighted by Gasteiger charge is -2.20. The van der Waals surface area contributed by atoms with Crippen LogP contribution in [0.1, 0.15) is 13.8 Å². The van der Waals surface area contributed by atoms with Crippen LogP contribution in [0.3, 0.4) is 0 Å². The smallest absolute Gasteiger partial charge is 0.184 e. The van der Waals surface area contributed by atoms with Gasteiger partial charge in [0, 0.05) is 13.2 Å². The Morgan fingerprint density at radius 1 is 1.27 bits per heavy atom. The largest absolute Gasteiger partial charge is 0.387 e. The Balaban J connectivity index is 3.66. The lowest BCUT2D eigenvalue weighted by atomic mass is 10.4. The molecule has 0 aromatic heterocycles. The zero-order valence-corrected chi connectivity index (χ0v) is 7.67. The van der Waals surface area contributed by atoms with E-state index in [4.69, 9.17) is 21.1 Å². The van der Waals surface area contributed by atoms with Crippen molar-refractivity contribution in [3.8, 4) is 0 Å². The third-order valence-electron chi connectivity index (χ3n) is 1.13. The molecule has 0 aliphatic rings. The van der Waals surface area contributed by atoms with E-state index in [9.17, 15) is 5.11 Å². The second-order valence-corrected chi connectivity index (χ2v) is 2.31. The second-order valence-electron chi connectivity index (χ2n) is 2.00. The fourth-order valence-corrected chi connectivity index (χ4v) is 0.817. The van der Waals surface area contributed by atoms with E-state index in [-0.39, 0.29) is 5.88 Å². The summed E-state index contributed by atoms with van der Waals surface area (Å²) in [5.74, 6) is 0.130. The quantitative estimate of drug-likeness (QED) is 0.492. The molecule has 1 unspecified atom stereocenters. The number of aliphatic hydroxyl groups is 1. The highest BCUT2D eigenvalue weighted by Gasteiger charge is 2.17. The minimum atomic E-state index is -0.739. The van der Waals surface area contributed by atoms with Crippen LogP contribution in [0.2, 0.25) is 0 Å². The first kappa shape index (κ1) is 11.2. The van der Waals surface area contributed by atoms with Crippen molar-refractivity contribution >= 4 is 11.6 Å². The van der Waals surface area contributed by atoms with Crippen molar-refractivity contribution in [1.29, 1.82) is 0 Å². The Labute approximate surface area is 72.3 Å². The highest BCUT2D eigenvalue weighted by atomic mass is 35.5. The number of alkyl halides is 1. The Bertz CT molecular complexity index is 83.8. The molecule has 3 nitrogen and oxygen atoms in total. The molecular formula is C7H15ClO3. The van der Waals surface area contributed by atoms with Crippen molar-refractivity contribution in [2.24, 2.45) is 0 Å². The summed E-state index contributed by atoms with van der Waals surface area (Å²) < 4.78 is 10.2. The van der Waals surface area contributed by atoms with Gasteiger partial charge in [0.05, 0.1) is 5.88 Å². The normalized spacial score (nSPS) is 13.9. The zero-order chi connectivity index (χ0) is 8.69. The maximum Gasteiger partial charge on any atom is 0.184 e. The van der Waals surface area contributed by atoms with Gasteiger partial charge in [0.1, 0.15) is 6.10 Å². The van der Waals surface area contributed by atoms with Crippen molar-refractivity contribution < 1.29 is 14.6 Å². The highest BCUT2D eigenvalue weighted by molar-refractivity contribution is 6.18.